The molecule has 2 amide bonds. The normalized spacial score (nSPS) is 11.5. The zero-order valence-electron chi connectivity index (χ0n) is 15.3. The van der Waals surface area contributed by atoms with Crippen LogP contribution < -0.4 is 10.6 Å². The van der Waals surface area contributed by atoms with Crippen LogP contribution in [-0.4, -0.2) is 33.9 Å². The summed E-state index contributed by atoms with van der Waals surface area (Å²) in [4.78, 5) is 44.1. The number of nitrogens with one attached hydrogen (secondary N) is 2. The SMILES string of the molecule is CC(=O)Nc1ccc(NC(=O)C(C)OC(=O)c2cccc3nccnc23)cc1. The lowest BCUT2D eigenvalue weighted by Crippen LogP contribution is -2.30. The average Bonchev–Trinajstić information content (AvgIpc) is 2.68. The fourth-order valence-corrected chi connectivity index (χ4v) is 2.52. The van der Waals surface area contributed by atoms with Crippen LogP contribution in [0.1, 0.15) is 24.2 Å². The van der Waals surface area contributed by atoms with Crippen molar-refractivity contribution >= 4 is 40.2 Å². The Bertz CT molecular complexity index is 1030. The van der Waals surface area contributed by atoms with Crippen molar-refractivity contribution in [1.29, 1.82) is 0 Å². The van der Waals surface area contributed by atoms with Gasteiger partial charge in [-0.2, -0.15) is 0 Å². The number of ether oxygens (including phenoxy) is 1. The van der Waals surface area contributed by atoms with Crippen LogP contribution in [-0.2, 0) is 14.3 Å². The molecule has 8 heteroatoms. The van der Waals surface area contributed by atoms with E-state index in [1.807, 2.05) is 0 Å². The maximum absolute atomic E-state index is 12.5. The number of para-hydroxylation sites is 1. The molecule has 28 heavy (non-hydrogen) atoms. The van der Waals surface area contributed by atoms with Gasteiger partial charge in [0.2, 0.25) is 5.91 Å². The molecule has 0 aliphatic rings. The predicted octanol–water partition coefficient (Wildman–Crippen LogP) is 2.77. The molecule has 0 saturated carbocycles. The molecule has 8 nitrogen and oxygen atoms in total. The lowest BCUT2D eigenvalue weighted by Gasteiger charge is -2.14. The largest absolute Gasteiger partial charge is 0.449 e. The number of carbonyl (C=O) groups is 3. The fourth-order valence-electron chi connectivity index (χ4n) is 2.52. The van der Waals surface area contributed by atoms with Gasteiger partial charge in [0.05, 0.1) is 11.1 Å². The Morgan fingerprint density at radius 2 is 1.57 bits per heavy atom. The van der Waals surface area contributed by atoms with Gasteiger partial charge >= 0.3 is 5.97 Å². The van der Waals surface area contributed by atoms with Crippen molar-refractivity contribution in [3.8, 4) is 0 Å². The number of fused-ring (bicyclic) bond motifs is 1. The number of esters is 1. The van der Waals surface area contributed by atoms with E-state index in [9.17, 15) is 14.4 Å². The zero-order valence-corrected chi connectivity index (χ0v) is 15.3. The second kappa shape index (κ2) is 8.26. The van der Waals surface area contributed by atoms with Crippen LogP contribution in [0.2, 0.25) is 0 Å². The van der Waals surface area contributed by atoms with Gasteiger partial charge in [-0.25, -0.2) is 4.79 Å². The van der Waals surface area contributed by atoms with Crippen LogP contribution in [0.15, 0.2) is 54.9 Å². The first kappa shape index (κ1) is 19.0. The van der Waals surface area contributed by atoms with Crippen molar-refractivity contribution in [2.24, 2.45) is 0 Å². The van der Waals surface area contributed by atoms with Crippen LogP contribution >= 0.6 is 0 Å². The van der Waals surface area contributed by atoms with Crippen LogP contribution in [0.3, 0.4) is 0 Å². The minimum atomic E-state index is -1.02. The van der Waals surface area contributed by atoms with Crippen molar-refractivity contribution in [2.75, 3.05) is 10.6 Å². The van der Waals surface area contributed by atoms with E-state index in [4.69, 9.17) is 4.74 Å². The maximum Gasteiger partial charge on any atom is 0.341 e. The van der Waals surface area contributed by atoms with Crippen LogP contribution in [0.4, 0.5) is 11.4 Å². The molecule has 142 valence electrons. The van der Waals surface area contributed by atoms with Gasteiger partial charge in [0.1, 0.15) is 5.52 Å². The molecule has 0 radical (unpaired) electrons. The number of hydrogen-bond acceptors (Lipinski definition) is 6. The third-order valence-corrected chi connectivity index (χ3v) is 3.84. The monoisotopic (exact) mass is 378 g/mol. The number of benzene rings is 2. The molecule has 0 aliphatic heterocycles. The first-order valence-corrected chi connectivity index (χ1v) is 8.53. The summed E-state index contributed by atoms with van der Waals surface area (Å²) >= 11 is 0. The van der Waals surface area contributed by atoms with Crippen LogP contribution in [0, 0.1) is 0 Å². The minimum Gasteiger partial charge on any atom is -0.449 e. The van der Waals surface area contributed by atoms with E-state index in [2.05, 4.69) is 20.6 Å². The van der Waals surface area contributed by atoms with E-state index < -0.39 is 18.0 Å². The maximum atomic E-state index is 12.5. The Kier molecular flexibility index (Phi) is 5.59. The predicted molar refractivity (Wildman–Crippen MR) is 104 cm³/mol. The van der Waals surface area contributed by atoms with Gasteiger partial charge in [-0.1, -0.05) is 6.07 Å². The van der Waals surface area contributed by atoms with E-state index >= 15 is 0 Å². The Hall–Kier alpha value is -3.81. The molecule has 1 heterocycles. The Morgan fingerprint density at radius 3 is 2.25 bits per heavy atom. The van der Waals surface area contributed by atoms with E-state index in [1.165, 1.54) is 26.2 Å². The second-order valence-electron chi connectivity index (χ2n) is 6.02. The lowest BCUT2D eigenvalue weighted by atomic mass is 10.2. The number of aromatic nitrogens is 2. The summed E-state index contributed by atoms with van der Waals surface area (Å²) in [5, 5.41) is 5.29. The van der Waals surface area contributed by atoms with Crippen LogP contribution in [0.25, 0.3) is 11.0 Å². The van der Waals surface area contributed by atoms with Crippen molar-refractivity contribution in [1.82, 2.24) is 9.97 Å². The Balaban J connectivity index is 1.65. The Labute approximate surface area is 160 Å². The molecule has 0 aliphatic carbocycles. The summed E-state index contributed by atoms with van der Waals surface area (Å²) in [5.41, 5.74) is 2.34. The second-order valence-corrected chi connectivity index (χ2v) is 6.02. The number of nitrogens with zero attached hydrogens (tertiary/aromatic N) is 2. The first-order chi connectivity index (χ1) is 13.4. The molecule has 0 spiro atoms. The number of rotatable bonds is 5. The third-order valence-electron chi connectivity index (χ3n) is 3.84. The fraction of sp³-hybridized carbons (Fsp3) is 0.150. The minimum absolute atomic E-state index is 0.185. The van der Waals surface area contributed by atoms with E-state index in [-0.39, 0.29) is 11.5 Å². The molecular weight excluding hydrogens is 360 g/mol. The topological polar surface area (TPSA) is 110 Å². The highest BCUT2D eigenvalue weighted by Gasteiger charge is 2.21. The van der Waals surface area contributed by atoms with Gasteiger partial charge in [-0.15, -0.1) is 0 Å². The van der Waals surface area contributed by atoms with Crippen LogP contribution in [0.5, 0.6) is 0 Å². The molecule has 2 aromatic carbocycles. The number of amides is 2. The molecule has 3 rings (SSSR count). The molecule has 2 N–H and O–H groups in total. The van der Waals surface area contributed by atoms with Crippen molar-refractivity contribution < 1.29 is 19.1 Å². The summed E-state index contributed by atoms with van der Waals surface area (Å²) in [6.45, 7) is 2.89. The molecule has 0 bridgehead atoms. The van der Waals surface area contributed by atoms with Crippen molar-refractivity contribution in [3.05, 3.63) is 60.4 Å². The smallest absolute Gasteiger partial charge is 0.341 e. The number of carbonyl (C=O) groups excluding carboxylic acids is 3. The highest BCUT2D eigenvalue weighted by molar-refractivity contribution is 6.03. The van der Waals surface area contributed by atoms with Gasteiger partial charge < -0.3 is 15.4 Å². The first-order valence-electron chi connectivity index (χ1n) is 8.53. The summed E-state index contributed by atoms with van der Waals surface area (Å²) < 4.78 is 5.28. The van der Waals surface area contributed by atoms with Gasteiger partial charge in [-0.05, 0) is 43.3 Å². The van der Waals surface area contributed by atoms with E-state index in [0.29, 0.717) is 22.4 Å². The van der Waals surface area contributed by atoms with Crippen molar-refractivity contribution in [3.63, 3.8) is 0 Å². The third kappa shape index (κ3) is 4.47. The number of hydrogen-bond donors (Lipinski definition) is 2. The van der Waals surface area contributed by atoms with Gasteiger partial charge in [0, 0.05) is 30.7 Å². The summed E-state index contributed by atoms with van der Waals surface area (Å²) in [6.07, 6.45) is 2.00. The molecule has 1 unspecified atom stereocenters. The zero-order chi connectivity index (χ0) is 20.1. The molecule has 3 aromatic rings. The lowest BCUT2D eigenvalue weighted by molar-refractivity contribution is -0.123. The van der Waals surface area contributed by atoms with Gasteiger partial charge in [-0.3, -0.25) is 19.6 Å². The Morgan fingerprint density at radius 1 is 0.929 bits per heavy atom. The standard InChI is InChI=1S/C20H18N4O4/c1-12(19(26)24-15-8-6-14(7-9-15)23-13(2)25)28-20(27)16-4-3-5-17-18(16)22-11-10-21-17/h3-12H,1-2H3,(H,23,25)(H,24,26). The summed E-state index contributed by atoms with van der Waals surface area (Å²) in [6, 6.07) is 11.6. The molecule has 1 atom stereocenters. The quantitative estimate of drug-likeness (QED) is 0.661. The average molecular weight is 378 g/mol. The van der Waals surface area contributed by atoms with Gasteiger partial charge in [0.25, 0.3) is 5.91 Å². The molecule has 0 fully saturated rings. The highest BCUT2D eigenvalue weighted by Crippen LogP contribution is 2.17. The van der Waals surface area contributed by atoms with Gasteiger partial charge in [0.15, 0.2) is 6.10 Å². The highest BCUT2D eigenvalue weighted by atomic mass is 16.5. The molecular formula is C20H18N4O4. The summed E-state index contributed by atoms with van der Waals surface area (Å²) in [7, 11) is 0. The summed E-state index contributed by atoms with van der Waals surface area (Å²) in [5.74, 6) is -1.32. The van der Waals surface area contributed by atoms with E-state index in [1.54, 1.807) is 42.5 Å². The number of anilines is 2. The van der Waals surface area contributed by atoms with Crippen molar-refractivity contribution in [2.45, 2.75) is 20.0 Å². The molecule has 1 aromatic heterocycles. The van der Waals surface area contributed by atoms with E-state index in [0.717, 1.165) is 0 Å². The molecule has 0 saturated heterocycles.